The number of esters is 3. The van der Waals surface area contributed by atoms with E-state index in [0.717, 1.165) is 135 Å². The van der Waals surface area contributed by atoms with Crippen LogP contribution in [-0.2, 0) is 28.6 Å². The first-order chi connectivity index (χ1) is 38.5. The van der Waals surface area contributed by atoms with Crippen LogP contribution >= 0.6 is 0 Å². The van der Waals surface area contributed by atoms with Crippen molar-refractivity contribution in [3.63, 3.8) is 0 Å². The molecule has 0 N–H and O–H groups in total. The van der Waals surface area contributed by atoms with E-state index in [9.17, 15) is 14.4 Å². The van der Waals surface area contributed by atoms with E-state index in [1.807, 2.05) is 0 Å². The molecule has 1 unspecified atom stereocenters. The molecule has 0 aromatic rings. The molecule has 0 radical (unpaired) electrons. The van der Waals surface area contributed by atoms with Crippen molar-refractivity contribution in [2.75, 3.05) is 13.2 Å². The standard InChI is InChI=1S/C72H120O6/c1-4-7-10-13-16-19-22-24-26-27-28-29-30-31-32-33-34-35-36-37-38-39-40-41-42-43-44-45-46-48-50-53-56-59-62-65-71(74)77-68-69(67-76-70(73)64-61-58-55-52-49-21-18-15-12-9-6-3)78-72(75)66-63-60-57-54-51-47-25-23-20-17-14-11-8-5-2/h7,10,14-19,23-26,28-29,31-32,34-35,37-38,69H,4-6,8-9,11-13,20-22,27,30,33,36,39-68H2,1-3H3/b10-7-,17-14-,18-15-,19-16-,25-23-,26-24-,29-28-,32-31-,35-34-,38-37-. The van der Waals surface area contributed by atoms with Gasteiger partial charge in [-0.2, -0.15) is 0 Å². The van der Waals surface area contributed by atoms with Crippen molar-refractivity contribution in [3.8, 4) is 0 Å². The Morgan fingerprint density at radius 2 is 0.500 bits per heavy atom. The maximum atomic E-state index is 12.8. The Hall–Kier alpha value is -4.19. The highest BCUT2D eigenvalue weighted by Gasteiger charge is 2.19. The lowest BCUT2D eigenvalue weighted by atomic mass is 10.0. The minimum atomic E-state index is -0.790. The van der Waals surface area contributed by atoms with Gasteiger partial charge in [0.25, 0.3) is 0 Å². The third-order valence-electron chi connectivity index (χ3n) is 13.7. The van der Waals surface area contributed by atoms with Crippen LogP contribution < -0.4 is 0 Å². The van der Waals surface area contributed by atoms with Crippen LogP contribution in [0, 0.1) is 0 Å². The molecular weight excluding hydrogens is 961 g/mol. The molecule has 0 aliphatic heterocycles. The zero-order valence-corrected chi connectivity index (χ0v) is 50.9. The number of hydrogen-bond donors (Lipinski definition) is 0. The SMILES string of the molecule is CC/C=C\C/C=C\C/C=C\C/C=C\C/C=C\C/C=C\C/C=C\CCCCCCCCCCCCCCCC(=O)OCC(COC(=O)CCCCCCC/C=C\CCCC)OC(=O)CCCCCCC/C=C\C/C=C\CCCC. The van der Waals surface area contributed by atoms with Gasteiger partial charge in [0, 0.05) is 19.3 Å². The predicted octanol–water partition coefficient (Wildman–Crippen LogP) is 22.4. The summed E-state index contributed by atoms with van der Waals surface area (Å²) in [5, 5.41) is 0. The monoisotopic (exact) mass is 1080 g/mol. The smallest absolute Gasteiger partial charge is 0.306 e. The van der Waals surface area contributed by atoms with Crippen molar-refractivity contribution in [1.82, 2.24) is 0 Å². The first-order valence-electron chi connectivity index (χ1n) is 32.5. The number of hydrogen-bond acceptors (Lipinski definition) is 6. The lowest BCUT2D eigenvalue weighted by Crippen LogP contribution is -2.30. The molecule has 0 amide bonds. The number of unbranched alkanes of at least 4 members (excludes halogenated alkanes) is 27. The van der Waals surface area contributed by atoms with Crippen LogP contribution in [0.25, 0.3) is 0 Å². The second-order valence-electron chi connectivity index (χ2n) is 21.3. The van der Waals surface area contributed by atoms with Crippen molar-refractivity contribution in [2.24, 2.45) is 0 Å². The third-order valence-corrected chi connectivity index (χ3v) is 13.7. The molecule has 6 nitrogen and oxygen atoms in total. The van der Waals surface area contributed by atoms with Gasteiger partial charge in [-0.15, -0.1) is 0 Å². The van der Waals surface area contributed by atoms with E-state index in [-0.39, 0.29) is 31.1 Å². The van der Waals surface area contributed by atoms with Gasteiger partial charge in [-0.05, 0) is 122 Å². The Morgan fingerprint density at radius 1 is 0.269 bits per heavy atom. The summed E-state index contributed by atoms with van der Waals surface area (Å²) < 4.78 is 16.9. The number of carbonyl (C=O) groups is 3. The molecule has 78 heavy (non-hydrogen) atoms. The fourth-order valence-electron chi connectivity index (χ4n) is 8.77. The van der Waals surface area contributed by atoms with Crippen molar-refractivity contribution < 1.29 is 28.6 Å². The topological polar surface area (TPSA) is 78.9 Å². The van der Waals surface area contributed by atoms with E-state index in [2.05, 4.69) is 142 Å². The Balaban J connectivity index is 4.14. The van der Waals surface area contributed by atoms with Gasteiger partial charge in [-0.25, -0.2) is 0 Å². The molecule has 444 valence electrons. The molecule has 0 aromatic carbocycles. The van der Waals surface area contributed by atoms with Gasteiger partial charge < -0.3 is 14.2 Å². The summed E-state index contributed by atoms with van der Waals surface area (Å²) >= 11 is 0. The molecule has 0 aromatic heterocycles. The van der Waals surface area contributed by atoms with Crippen molar-refractivity contribution in [3.05, 3.63) is 122 Å². The molecule has 0 aliphatic carbocycles. The fraction of sp³-hybridized carbons (Fsp3) is 0.681. The zero-order valence-electron chi connectivity index (χ0n) is 50.9. The van der Waals surface area contributed by atoms with E-state index in [0.29, 0.717) is 19.3 Å². The van der Waals surface area contributed by atoms with E-state index >= 15 is 0 Å². The lowest BCUT2D eigenvalue weighted by Gasteiger charge is -2.18. The molecule has 0 aliphatic rings. The Bertz CT molecular complexity index is 1620. The van der Waals surface area contributed by atoms with E-state index in [1.165, 1.54) is 122 Å². The van der Waals surface area contributed by atoms with Crippen LogP contribution in [0.5, 0.6) is 0 Å². The van der Waals surface area contributed by atoms with Gasteiger partial charge in [0.2, 0.25) is 0 Å². The molecule has 0 rings (SSSR count). The predicted molar refractivity (Wildman–Crippen MR) is 339 cm³/mol. The van der Waals surface area contributed by atoms with Crippen LogP contribution in [0.1, 0.15) is 297 Å². The third kappa shape index (κ3) is 62.7. The first kappa shape index (κ1) is 73.8. The largest absolute Gasteiger partial charge is 0.462 e. The van der Waals surface area contributed by atoms with Gasteiger partial charge in [-0.3, -0.25) is 14.4 Å². The Kier molecular flexibility index (Phi) is 61.8. The molecule has 0 bridgehead atoms. The zero-order chi connectivity index (χ0) is 56.4. The van der Waals surface area contributed by atoms with Crippen LogP contribution in [0.15, 0.2) is 122 Å². The van der Waals surface area contributed by atoms with Crippen LogP contribution in [0.4, 0.5) is 0 Å². The van der Waals surface area contributed by atoms with Crippen molar-refractivity contribution >= 4 is 17.9 Å². The molecule has 6 heteroatoms. The maximum Gasteiger partial charge on any atom is 0.306 e. The summed E-state index contributed by atoms with van der Waals surface area (Å²) in [5.41, 5.74) is 0. The number of allylic oxidation sites excluding steroid dienone is 20. The highest BCUT2D eigenvalue weighted by molar-refractivity contribution is 5.71. The van der Waals surface area contributed by atoms with Crippen molar-refractivity contribution in [2.45, 2.75) is 303 Å². The number of ether oxygens (including phenoxy) is 3. The van der Waals surface area contributed by atoms with Gasteiger partial charge >= 0.3 is 17.9 Å². The highest BCUT2D eigenvalue weighted by Crippen LogP contribution is 2.16. The fourth-order valence-corrected chi connectivity index (χ4v) is 8.77. The summed E-state index contributed by atoms with van der Waals surface area (Å²) in [7, 11) is 0. The number of carbonyl (C=O) groups excluding carboxylic acids is 3. The molecule has 0 saturated heterocycles. The molecule has 0 fully saturated rings. The second kappa shape index (κ2) is 65.3. The first-order valence-corrected chi connectivity index (χ1v) is 32.5. The highest BCUT2D eigenvalue weighted by atomic mass is 16.6. The van der Waals surface area contributed by atoms with Gasteiger partial charge in [0.15, 0.2) is 6.10 Å². The molecule has 0 spiro atoms. The molecule has 0 heterocycles. The summed E-state index contributed by atoms with van der Waals surface area (Å²) in [5.74, 6) is -0.908. The van der Waals surface area contributed by atoms with Crippen LogP contribution in [-0.4, -0.2) is 37.2 Å². The van der Waals surface area contributed by atoms with Crippen LogP contribution in [0.3, 0.4) is 0 Å². The average molecular weight is 1080 g/mol. The van der Waals surface area contributed by atoms with Crippen molar-refractivity contribution in [1.29, 1.82) is 0 Å². The summed E-state index contributed by atoms with van der Waals surface area (Å²) in [4.78, 5) is 38.2. The molecule has 1 atom stereocenters. The van der Waals surface area contributed by atoms with Crippen LogP contribution in [0.2, 0.25) is 0 Å². The maximum absolute atomic E-state index is 12.8. The normalized spacial score (nSPS) is 12.9. The minimum Gasteiger partial charge on any atom is -0.462 e. The van der Waals surface area contributed by atoms with E-state index in [1.54, 1.807) is 0 Å². The summed E-state index contributed by atoms with van der Waals surface area (Å²) in [6.45, 7) is 6.43. The minimum absolute atomic E-state index is 0.0869. The summed E-state index contributed by atoms with van der Waals surface area (Å²) in [6, 6.07) is 0. The Labute approximate surface area is 482 Å². The molecular formula is C72H120O6. The molecule has 0 saturated carbocycles. The van der Waals surface area contributed by atoms with Gasteiger partial charge in [-0.1, -0.05) is 277 Å². The van der Waals surface area contributed by atoms with E-state index < -0.39 is 6.10 Å². The van der Waals surface area contributed by atoms with Gasteiger partial charge in [0.1, 0.15) is 13.2 Å². The second-order valence-corrected chi connectivity index (χ2v) is 21.3. The Morgan fingerprint density at radius 3 is 0.795 bits per heavy atom. The summed E-state index contributed by atoms with van der Waals surface area (Å²) in [6.07, 6.45) is 90.8. The number of rotatable bonds is 58. The van der Waals surface area contributed by atoms with E-state index in [4.69, 9.17) is 14.2 Å². The van der Waals surface area contributed by atoms with Gasteiger partial charge in [0.05, 0.1) is 0 Å². The average Bonchev–Trinajstić information content (AvgIpc) is 3.44. The quantitative estimate of drug-likeness (QED) is 0.0261. The lowest BCUT2D eigenvalue weighted by molar-refractivity contribution is -0.167.